The zero-order valence-corrected chi connectivity index (χ0v) is 12.1. The smallest absolute Gasteiger partial charge is 0.152 e. The Hall–Kier alpha value is -2.06. The molecule has 3 aromatic rings. The van der Waals surface area contributed by atoms with Crippen LogP contribution in [0.1, 0.15) is 21.5 Å². The molecule has 0 amide bonds. The number of hydrogen-bond acceptors (Lipinski definition) is 1. The Bertz CT molecular complexity index is 817. The Kier molecular flexibility index (Phi) is 3.11. The summed E-state index contributed by atoms with van der Waals surface area (Å²) in [6.07, 6.45) is 0.895. The molecule has 1 heterocycles. The molecule has 100 valence electrons. The van der Waals surface area contributed by atoms with E-state index in [2.05, 4.69) is 23.2 Å². The van der Waals surface area contributed by atoms with Crippen LogP contribution in [0, 0.1) is 13.8 Å². The lowest BCUT2D eigenvalue weighted by atomic mass is 10.00. The molecule has 0 aliphatic carbocycles. The lowest BCUT2D eigenvalue weighted by Gasteiger charge is -2.06. The molecule has 20 heavy (non-hydrogen) atoms. The minimum atomic E-state index is 0.627. The Morgan fingerprint density at radius 1 is 1.15 bits per heavy atom. The molecular weight excluding hydrogens is 270 g/mol. The molecule has 0 aliphatic heterocycles. The zero-order valence-electron chi connectivity index (χ0n) is 11.3. The molecular formula is C17H14ClNO. The first-order chi connectivity index (χ1) is 9.61. The highest BCUT2D eigenvalue weighted by Crippen LogP contribution is 2.34. The summed E-state index contributed by atoms with van der Waals surface area (Å²) in [5.74, 6) is 0. The summed E-state index contributed by atoms with van der Waals surface area (Å²) < 4.78 is 0. The van der Waals surface area contributed by atoms with Gasteiger partial charge in [-0.2, -0.15) is 0 Å². The molecule has 0 saturated carbocycles. The predicted octanol–water partition coefficient (Wildman–Crippen LogP) is 4.92. The highest BCUT2D eigenvalue weighted by molar-refractivity contribution is 6.35. The molecule has 0 bridgehead atoms. The van der Waals surface area contributed by atoms with Crippen molar-refractivity contribution in [3.05, 3.63) is 58.1 Å². The number of rotatable bonds is 2. The number of H-pyrrole nitrogens is 1. The first-order valence-corrected chi connectivity index (χ1v) is 6.82. The molecule has 0 unspecified atom stereocenters. The van der Waals surface area contributed by atoms with Crippen LogP contribution in [0.3, 0.4) is 0 Å². The number of aromatic nitrogens is 1. The van der Waals surface area contributed by atoms with Crippen molar-refractivity contribution in [1.82, 2.24) is 4.98 Å². The summed E-state index contributed by atoms with van der Waals surface area (Å²) in [5.41, 5.74) is 5.64. The summed E-state index contributed by atoms with van der Waals surface area (Å²) in [6, 6.07) is 11.8. The van der Waals surface area contributed by atoms with E-state index in [9.17, 15) is 4.79 Å². The number of aromatic amines is 1. The van der Waals surface area contributed by atoms with Crippen molar-refractivity contribution in [2.24, 2.45) is 0 Å². The molecule has 0 aliphatic rings. The Labute approximate surface area is 122 Å². The third kappa shape index (κ3) is 1.93. The van der Waals surface area contributed by atoms with Crippen molar-refractivity contribution in [3.8, 4) is 11.3 Å². The maximum absolute atomic E-state index is 11.5. The van der Waals surface area contributed by atoms with E-state index in [0.29, 0.717) is 10.6 Å². The van der Waals surface area contributed by atoms with Gasteiger partial charge in [0.05, 0.1) is 16.2 Å². The van der Waals surface area contributed by atoms with Gasteiger partial charge in [0, 0.05) is 16.5 Å². The number of carbonyl (C=O) groups excluding carboxylic acids is 1. The molecule has 2 aromatic carbocycles. The summed E-state index contributed by atoms with van der Waals surface area (Å²) in [7, 11) is 0. The number of hydrogen-bond donors (Lipinski definition) is 1. The SMILES string of the molecule is Cc1ccc(C)c(-c2[nH]c3c(Cl)cccc3c2C=O)c1. The number of carbonyl (C=O) groups is 1. The summed E-state index contributed by atoms with van der Waals surface area (Å²) in [4.78, 5) is 14.8. The second-order valence-electron chi connectivity index (χ2n) is 5.01. The van der Waals surface area contributed by atoms with Crippen molar-refractivity contribution in [3.63, 3.8) is 0 Å². The van der Waals surface area contributed by atoms with Gasteiger partial charge in [0.1, 0.15) is 0 Å². The first kappa shape index (κ1) is 12.9. The van der Waals surface area contributed by atoms with Gasteiger partial charge in [-0.1, -0.05) is 41.4 Å². The van der Waals surface area contributed by atoms with Crippen LogP contribution in [0.25, 0.3) is 22.2 Å². The van der Waals surface area contributed by atoms with Crippen LogP contribution < -0.4 is 0 Å². The van der Waals surface area contributed by atoms with E-state index in [0.717, 1.165) is 39.6 Å². The monoisotopic (exact) mass is 283 g/mol. The van der Waals surface area contributed by atoms with Gasteiger partial charge < -0.3 is 4.98 Å². The first-order valence-electron chi connectivity index (χ1n) is 6.45. The van der Waals surface area contributed by atoms with E-state index in [1.54, 1.807) is 0 Å². The fourth-order valence-electron chi connectivity index (χ4n) is 2.54. The van der Waals surface area contributed by atoms with Crippen molar-refractivity contribution in [1.29, 1.82) is 0 Å². The molecule has 1 N–H and O–H groups in total. The highest BCUT2D eigenvalue weighted by atomic mass is 35.5. The van der Waals surface area contributed by atoms with Gasteiger partial charge in [0.15, 0.2) is 6.29 Å². The topological polar surface area (TPSA) is 32.9 Å². The largest absolute Gasteiger partial charge is 0.353 e. The number of benzene rings is 2. The van der Waals surface area contributed by atoms with Crippen LogP contribution in [0.5, 0.6) is 0 Å². The molecule has 0 saturated heterocycles. The third-order valence-electron chi connectivity index (χ3n) is 3.60. The van der Waals surface area contributed by atoms with Gasteiger partial charge in [-0.25, -0.2) is 0 Å². The van der Waals surface area contributed by atoms with E-state index >= 15 is 0 Å². The maximum Gasteiger partial charge on any atom is 0.152 e. The van der Waals surface area contributed by atoms with Crippen LogP contribution in [-0.2, 0) is 0 Å². The Morgan fingerprint density at radius 3 is 2.70 bits per heavy atom. The standard InChI is InChI=1S/C17H14ClNO/c1-10-6-7-11(2)13(8-10)16-14(9-20)12-4-3-5-15(18)17(12)19-16/h3-9,19H,1-2H3. The van der Waals surface area contributed by atoms with Crippen LogP contribution in [-0.4, -0.2) is 11.3 Å². The number of halogens is 1. The number of nitrogens with one attached hydrogen (secondary N) is 1. The zero-order chi connectivity index (χ0) is 14.3. The summed E-state index contributed by atoms with van der Waals surface area (Å²) in [6.45, 7) is 4.08. The van der Waals surface area contributed by atoms with Crippen molar-refractivity contribution in [2.45, 2.75) is 13.8 Å². The lowest BCUT2D eigenvalue weighted by Crippen LogP contribution is -1.89. The van der Waals surface area contributed by atoms with Crippen molar-refractivity contribution in [2.75, 3.05) is 0 Å². The maximum atomic E-state index is 11.5. The van der Waals surface area contributed by atoms with Gasteiger partial charge >= 0.3 is 0 Å². The number of fused-ring (bicyclic) bond motifs is 1. The molecule has 2 nitrogen and oxygen atoms in total. The minimum absolute atomic E-state index is 0.627. The second-order valence-corrected chi connectivity index (χ2v) is 5.42. The average Bonchev–Trinajstić information content (AvgIpc) is 2.81. The van der Waals surface area contributed by atoms with Gasteiger partial charge in [0.2, 0.25) is 0 Å². The fourth-order valence-corrected chi connectivity index (χ4v) is 2.76. The van der Waals surface area contributed by atoms with Gasteiger partial charge in [-0.05, 0) is 31.5 Å². The van der Waals surface area contributed by atoms with Crippen LogP contribution in [0.2, 0.25) is 5.02 Å². The number of para-hydroxylation sites is 1. The molecule has 0 spiro atoms. The minimum Gasteiger partial charge on any atom is -0.353 e. The summed E-state index contributed by atoms with van der Waals surface area (Å²) in [5, 5.41) is 1.49. The van der Waals surface area contributed by atoms with E-state index in [1.165, 1.54) is 0 Å². The van der Waals surface area contributed by atoms with Crippen molar-refractivity contribution < 1.29 is 4.79 Å². The van der Waals surface area contributed by atoms with Gasteiger partial charge in [0.25, 0.3) is 0 Å². The predicted molar refractivity (Wildman–Crippen MR) is 83.6 cm³/mol. The molecule has 0 radical (unpaired) electrons. The quantitative estimate of drug-likeness (QED) is 0.666. The van der Waals surface area contributed by atoms with E-state index in [4.69, 9.17) is 11.6 Å². The van der Waals surface area contributed by atoms with E-state index in [1.807, 2.05) is 32.0 Å². The van der Waals surface area contributed by atoms with E-state index in [-0.39, 0.29) is 0 Å². The Balaban J connectivity index is 2.39. The molecule has 1 aromatic heterocycles. The average molecular weight is 284 g/mol. The van der Waals surface area contributed by atoms with Crippen molar-refractivity contribution >= 4 is 28.8 Å². The molecule has 0 atom stereocenters. The van der Waals surface area contributed by atoms with E-state index < -0.39 is 0 Å². The molecule has 3 rings (SSSR count). The van der Waals surface area contributed by atoms with Gasteiger partial charge in [-0.3, -0.25) is 4.79 Å². The Morgan fingerprint density at radius 2 is 1.95 bits per heavy atom. The second kappa shape index (κ2) is 4.80. The molecule has 3 heteroatoms. The lowest BCUT2D eigenvalue weighted by molar-refractivity contribution is 0.112. The van der Waals surface area contributed by atoms with Crippen LogP contribution in [0.15, 0.2) is 36.4 Å². The third-order valence-corrected chi connectivity index (χ3v) is 3.92. The number of aldehydes is 1. The number of aryl methyl sites for hydroxylation is 2. The van der Waals surface area contributed by atoms with Crippen LogP contribution in [0.4, 0.5) is 0 Å². The normalized spacial score (nSPS) is 10.9. The van der Waals surface area contributed by atoms with Gasteiger partial charge in [-0.15, -0.1) is 0 Å². The van der Waals surface area contributed by atoms with Crippen LogP contribution >= 0.6 is 11.6 Å². The highest BCUT2D eigenvalue weighted by Gasteiger charge is 2.15. The molecule has 0 fully saturated rings. The summed E-state index contributed by atoms with van der Waals surface area (Å²) >= 11 is 6.21. The fraction of sp³-hybridized carbons (Fsp3) is 0.118.